The van der Waals surface area contributed by atoms with Gasteiger partial charge in [-0.15, -0.1) is 0 Å². The third kappa shape index (κ3) is 6.07. The molecular weight excluding hydrogens is 366 g/mol. The van der Waals surface area contributed by atoms with Gasteiger partial charge in [-0.2, -0.15) is 0 Å². The van der Waals surface area contributed by atoms with Crippen LogP contribution in [0.25, 0.3) is 0 Å². The van der Waals surface area contributed by atoms with Crippen molar-refractivity contribution in [3.05, 3.63) is 59.7 Å². The Morgan fingerprint density at radius 1 is 1.03 bits per heavy atom. The second kappa shape index (κ2) is 9.73. The van der Waals surface area contributed by atoms with E-state index in [2.05, 4.69) is 40.1 Å². The van der Waals surface area contributed by atoms with Gasteiger partial charge in [-0.05, 0) is 54.8 Å². The van der Waals surface area contributed by atoms with Gasteiger partial charge in [0.05, 0.1) is 0 Å². The summed E-state index contributed by atoms with van der Waals surface area (Å²) in [4.78, 5) is 28.8. The molecule has 0 spiro atoms. The number of carbonyl (C=O) groups excluding carboxylic acids is 2. The van der Waals surface area contributed by atoms with Gasteiger partial charge in [0.25, 0.3) is 11.8 Å². The molecule has 0 aromatic heterocycles. The zero-order valence-electron chi connectivity index (χ0n) is 16.8. The maximum Gasteiger partial charge on any atom is 0.257 e. The molecule has 0 saturated heterocycles. The van der Waals surface area contributed by atoms with E-state index < -0.39 is 0 Å². The topological polar surface area (TPSA) is 94.6 Å². The van der Waals surface area contributed by atoms with Gasteiger partial charge in [-0.25, -0.2) is 0 Å². The summed E-state index contributed by atoms with van der Waals surface area (Å²) in [7, 11) is 0. The van der Waals surface area contributed by atoms with E-state index in [9.17, 15) is 9.59 Å². The highest BCUT2D eigenvalue weighted by Gasteiger charge is 2.11. The van der Waals surface area contributed by atoms with Gasteiger partial charge in [0.2, 0.25) is 0 Å². The molecule has 29 heavy (non-hydrogen) atoms. The first kappa shape index (κ1) is 20.4. The minimum atomic E-state index is -0.200. The van der Waals surface area contributed by atoms with Gasteiger partial charge >= 0.3 is 0 Å². The van der Waals surface area contributed by atoms with Crippen LogP contribution < -0.4 is 21.3 Å². The molecule has 7 nitrogen and oxygen atoms in total. The van der Waals surface area contributed by atoms with Crippen LogP contribution in [-0.4, -0.2) is 37.4 Å². The SMILES string of the molecule is CC(C)CNC(=O)c1cccc(Nc2ccc(C(=O)NC3=NCCCN3)cc2)c1. The van der Waals surface area contributed by atoms with Crippen LogP contribution in [0.15, 0.2) is 53.5 Å². The van der Waals surface area contributed by atoms with E-state index in [1.807, 2.05) is 30.3 Å². The van der Waals surface area contributed by atoms with Gasteiger partial charge in [0.15, 0.2) is 5.96 Å². The third-order valence-electron chi connectivity index (χ3n) is 4.36. The van der Waals surface area contributed by atoms with Crippen molar-refractivity contribution in [1.82, 2.24) is 16.0 Å². The van der Waals surface area contributed by atoms with Crippen LogP contribution in [0.4, 0.5) is 11.4 Å². The van der Waals surface area contributed by atoms with Gasteiger partial charge in [0, 0.05) is 42.1 Å². The molecule has 0 atom stereocenters. The van der Waals surface area contributed by atoms with Gasteiger partial charge in [-0.3, -0.25) is 19.9 Å². The lowest BCUT2D eigenvalue weighted by atomic mass is 10.1. The van der Waals surface area contributed by atoms with E-state index in [4.69, 9.17) is 0 Å². The number of nitrogens with zero attached hydrogens (tertiary/aromatic N) is 1. The van der Waals surface area contributed by atoms with Crippen molar-refractivity contribution < 1.29 is 9.59 Å². The van der Waals surface area contributed by atoms with Crippen molar-refractivity contribution in [2.45, 2.75) is 20.3 Å². The molecule has 2 amide bonds. The Kier molecular flexibility index (Phi) is 6.84. The smallest absolute Gasteiger partial charge is 0.257 e. The number of guanidine groups is 1. The standard InChI is InChI=1S/C22H27N5O2/c1-15(2)14-25-20(28)17-5-3-6-19(13-17)26-18-9-7-16(8-10-18)21(29)27-22-23-11-4-12-24-22/h3,5-10,13,15,26H,4,11-12,14H2,1-2H3,(H,25,28)(H2,23,24,27,29). The highest BCUT2D eigenvalue weighted by Crippen LogP contribution is 2.18. The van der Waals surface area contributed by atoms with Crippen LogP contribution in [0, 0.1) is 5.92 Å². The molecule has 1 aliphatic heterocycles. The van der Waals surface area contributed by atoms with Gasteiger partial charge in [0.1, 0.15) is 0 Å². The number of nitrogens with one attached hydrogen (secondary N) is 4. The van der Waals surface area contributed by atoms with E-state index in [-0.39, 0.29) is 11.8 Å². The third-order valence-corrected chi connectivity index (χ3v) is 4.36. The molecule has 0 unspecified atom stereocenters. The highest BCUT2D eigenvalue weighted by molar-refractivity contribution is 6.06. The number of hydrogen-bond acceptors (Lipinski definition) is 5. The fourth-order valence-electron chi connectivity index (χ4n) is 2.80. The van der Waals surface area contributed by atoms with E-state index in [1.54, 1.807) is 18.2 Å². The number of benzene rings is 2. The van der Waals surface area contributed by atoms with E-state index in [0.717, 1.165) is 30.9 Å². The molecule has 0 saturated carbocycles. The average Bonchev–Trinajstić information content (AvgIpc) is 2.73. The molecule has 7 heteroatoms. The Morgan fingerprint density at radius 2 is 1.83 bits per heavy atom. The molecule has 0 aliphatic carbocycles. The largest absolute Gasteiger partial charge is 0.356 e. The first-order valence-corrected chi connectivity index (χ1v) is 9.86. The Bertz CT molecular complexity index is 890. The van der Waals surface area contributed by atoms with Crippen molar-refractivity contribution in [2.75, 3.05) is 25.0 Å². The molecule has 0 bridgehead atoms. The predicted octanol–water partition coefficient (Wildman–Crippen LogP) is 2.90. The Morgan fingerprint density at radius 3 is 2.52 bits per heavy atom. The van der Waals surface area contributed by atoms with E-state index in [0.29, 0.717) is 29.5 Å². The highest BCUT2D eigenvalue weighted by atomic mass is 16.2. The van der Waals surface area contributed by atoms with Crippen molar-refractivity contribution in [2.24, 2.45) is 10.9 Å². The maximum atomic E-state index is 12.3. The Labute approximate surface area is 171 Å². The quantitative estimate of drug-likeness (QED) is 0.607. The molecule has 2 aromatic rings. The van der Waals surface area contributed by atoms with E-state index in [1.165, 1.54) is 0 Å². The van der Waals surface area contributed by atoms with Crippen LogP contribution in [-0.2, 0) is 0 Å². The lowest BCUT2D eigenvalue weighted by molar-refractivity contribution is 0.0946. The monoisotopic (exact) mass is 393 g/mol. The van der Waals surface area contributed by atoms with Gasteiger partial charge < -0.3 is 16.0 Å². The van der Waals surface area contributed by atoms with Crippen molar-refractivity contribution in [3.63, 3.8) is 0 Å². The lowest BCUT2D eigenvalue weighted by Crippen LogP contribution is -2.43. The van der Waals surface area contributed by atoms with Crippen LogP contribution in [0.5, 0.6) is 0 Å². The normalized spacial score (nSPS) is 13.3. The van der Waals surface area contributed by atoms with Crippen molar-refractivity contribution in [3.8, 4) is 0 Å². The second-order valence-electron chi connectivity index (χ2n) is 7.35. The average molecular weight is 393 g/mol. The number of amides is 2. The summed E-state index contributed by atoms with van der Waals surface area (Å²) < 4.78 is 0. The summed E-state index contributed by atoms with van der Waals surface area (Å²) in [5.41, 5.74) is 2.79. The van der Waals surface area contributed by atoms with Crippen LogP contribution in [0.3, 0.4) is 0 Å². The summed E-state index contributed by atoms with van der Waals surface area (Å²) in [6.07, 6.45) is 0.973. The Balaban J connectivity index is 1.60. The zero-order chi connectivity index (χ0) is 20.6. The fraction of sp³-hybridized carbons (Fsp3) is 0.318. The van der Waals surface area contributed by atoms with Crippen LogP contribution in [0.2, 0.25) is 0 Å². The lowest BCUT2D eigenvalue weighted by Gasteiger charge is -2.15. The summed E-state index contributed by atoms with van der Waals surface area (Å²) in [6.45, 7) is 6.29. The minimum absolute atomic E-state index is 0.0893. The van der Waals surface area contributed by atoms with Gasteiger partial charge in [-0.1, -0.05) is 19.9 Å². The predicted molar refractivity (Wildman–Crippen MR) is 116 cm³/mol. The molecule has 1 heterocycles. The Hall–Kier alpha value is -3.35. The number of carbonyl (C=O) groups is 2. The van der Waals surface area contributed by atoms with Crippen molar-refractivity contribution in [1.29, 1.82) is 0 Å². The number of aliphatic imine (C=N–C) groups is 1. The number of hydrogen-bond donors (Lipinski definition) is 4. The summed E-state index contributed by atoms with van der Waals surface area (Å²) in [5, 5.41) is 12.0. The first-order chi connectivity index (χ1) is 14.0. The second-order valence-corrected chi connectivity index (χ2v) is 7.35. The molecule has 152 valence electrons. The van der Waals surface area contributed by atoms with Crippen LogP contribution in [0.1, 0.15) is 41.0 Å². The summed E-state index contributed by atoms with van der Waals surface area (Å²) in [5.74, 6) is 0.634. The maximum absolute atomic E-state index is 12.3. The number of rotatable bonds is 6. The molecule has 0 radical (unpaired) electrons. The zero-order valence-corrected chi connectivity index (χ0v) is 16.8. The fourth-order valence-corrected chi connectivity index (χ4v) is 2.80. The van der Waals surface area contributed by atoms with Crippen molar-refractivity contribution >= 4 is 29.1 Å². The molecule has 2 aromatic carbocycles. The molecule has 0 fully saturated rings. The first-order valence-electron chi connectivity index (χ1n) is 9.86. The van der Waals surface area contributed by atoms with Crippen LogP contribution >= 0.6 is 0 Å². The number of anilines is 2. The minimum Gasteiger partial charge on any atom is -0.356 e. The summed E-state index contributed by atoms with van der Waals surface area (Å²) >= 11 is 0. The molecule has 1 aliphatic rings. The molecule has 4 N–H and O–H groups in total. The molecule has 3 rings (SSSR count). The summed E-state index contributed by atoms with van der Waals surface area (Å²) in [6, 6.07) is 14.5. The van der Waals surface area contributed by atoms with E-state index >= 15 is 0 Å². The molecular formula is C22H27N5O2.